The number of benzene rings is 1. The molecule has 4 heteroatoms. The standard InChI is InChI=1S/C17H24N2OS/c1-17(2,3)16-19-12-15(21-16)11-18-14-8-4-6-13(10-14)7-5-9-20/h4,6,8,10,12,18,20H,5,7,9,11H2,1-3H3. The second-order valence-corrected chi connectivity index (χ2v) is 7.38. The fourth-order valence-electron chi connectivity index (χ4n) is 2.05. The third-order valence-corrected chi connectivity index (χ3v) is 4.64. The highest BCUT2D eigenvalue weighted by molar-refractivity contribution is 7.11. The van der Waals surface area contributed by atoms with Gasteiger partial charge in [-0.05, 0) is 30.5 Å². The van der Waals surface area contributed by atoms with Gasteiger partial charge in [0.1, 0.15) is 0 Å². The molecule has 0 spiro atoms. The summed E-state index contributed by atoms with van der Waals surface area (Å²) in [6, 6.07) is 8.39. The van der Waals surface area contributed by atoms with Gasteiger partial charge in [-0.1, -0.05) is 32.9 Å². The van der Waals surface area contributed by atoms with Crippen molar-refractivity contribution in [3.63, 3.8) is 0 Å². The van der Waals surface area contributed by atoms with Crippen LogP contribution in [0.15, 0.2) is 30.5 Å². The Hall–Kier alpha value is -1.39. The third-order valence-electron chi connectivity index (χ3n) is 3.21. The summed E-state index contributed by atoms with van der Waals surface area (Å²) < 4.78 is 0. The molecule has 0 saturated heterocycles. The second kappa shape index (κ2) is 7.05. The molecule has 1 heterocycles. The SMILES string of the molecule is CC(C)(C)c1ncc(CNc2cccc(CCCO)c2)s1. The number of hydrogen-bond acceptors (Lipinski definition) is 4. The number of aliphatic hydroxyl groups excluding tert-OH is 1. The molecule has 0 unspecified atom stereocenters. The van der Waals surface area contributed by atoms with Crippen LogP contribution < -0.4 is 5.32 Å². The minimum absolute atomic E-state index is 0.118. The molecule has 0 aliphatic carbocycles. The molecule has 114 valence electrons. The van der Waals surface area contributed by atoms with Crippen LogP contribution in [0.4, 0.5) is 5.69 Å². The average Bonchev–Trinajstić information content (AvgIpc) is 2.92. The van der Waals surface area contributed by atoms with Gasteiger partial charge >= 0.3 is 0 Å². The Balaban J connectivity index is 1.95. The maximum absolute atomic E-state index is 8.90. The van der Waals surface area contributed by atoms with Gasteiger partial charge in [-0.15, -0.1) is 11.3 Å². The smallest absolute Gasteiger partial charge is 0.0981 e. The molecule has 0 atom stereocenters. The van der Waals surface area contributed by atoms with Crippen LogP contribution in [-0.4, -0.2) is 16.7 Å². The highest BCUT2D eigenvalue weighted by Crippen LogP contribution is 2.27. The van der Waals surface area contributed by atoms with Crippen molar-refractivity contribution in [1.82, 2.24) is 4.98 Å². The molecule has 2 aromatic rings. The van der Waals surface area contributed by atoms with E-state index in [1.165, 1.54) is 15.4 Å². The first-order valence-electron chi connectivity index (χ1n) is 7.38. The number of hydrogen-bond donors (Lipinski definition) is 2. The van der Waals surface area contributed by atoms with Gasteiger partial charge < -0.3 is 10.4 Å². The van der Waals surface area contributed by atoms with Crippen molar-refractivity contribution in [2.75, 3.05) is 11.9 Å². The molecule has 1 aromatic carbocycles. The van der Waals surface area contributed by atoms with Gasteiger partial charge in [0.25, 0.3) is 0 Å². The van der Waals surface area contributed by atoms with E-state index in [1.807, 2.05) is 6.20 Å². The van der Waals surface area contributed by atoms with Gasteiger partial charge in [-0.2, -0.15) is 0 Å². The minimum atomic E-state index is 0.118. The molecule has 0 radical (unpaired) electrons. The lowest BCUT2D eigenvalue weighted by Gasteiger charge is -2.13. The first-order chi connectivity index (χ1) is 9.99. The largest absolute Gasteiger partial charge is 0.396 e. The van der Waals surface area contributed by atoms with E-state index in [4.69, 9.17) is 5.11 Å². The Morgan fingerprint density at radius 3 is 2.76 bits per heavy atom. The van der Waals surface area contributed by atoms with E-state index in [1.54, 1.807) is 11.3 Å². The minimum Gasteiger partial charge on any atom is -0.396 e. The first kappa shape index (κ1) is 16.0. The van der Waals surface area contributed by atoms with Crippen LogP contribution in [0, 0.1) is 0 Å². The van der Waals surface area contributed by atoms with Crippen molar-refractivity contribution in [1.29, 1.82) is 0 Å². The molecule has 0 aliphatic heterocycles. The van der Waals surface area contributed by atoms with Crippen molar-refractivity contribution in [2.24, 2.45) is 0 Å². The molecule has 2 rings (SSSR count). The Kier molecular flexibility index (Phi) is 5.37. The topological polar surface area (TPSA) is 45.2 Å². The Labute approximate surface area is 131 Å². The summed E-state index contributed by atoms with van der Waals surface area (Å²) in [4.78, 5) is 5.76. The Bertz CT molecular complexity index is 572. The van der Waals surface area contributed by atoms with E-state index < -0.39 is 0 Å². The van der Waals surface area contributed by atoms with E-state index >= 15 is 0 Å². The number of aliphatic hydroxyl groups is 1. The van der Waals surface area contributed by atoms with Crippen LogP contribution in [0.1, 0.15) is 42.6 Å². The monoisotopic (exact) mass is 304 g/mol. The fraction of sp³-hybridized carbons (Fsp3) is 0.471. The summed E-state index contributed by atoms with van der Waals surface area (Å²) in [5, 5.41) is 13.5. The van der Waals surface area contributed by atoms with Gasteiger partial charge in [0.2, 0.25) is 0 Å². The Morgan fingerprint density at radius 1 is 1.29 bits per heavy atom. The normalized spacial score (nSPS) is 11.6. The van der Waals surface area contributed by atoms with Gasteiger partial charge in [-0.25, -0.2) is 4.98 Å². The lowest BCUT2D eigenvalue weighted by Crippen LogP contribution is -2.09. The molecular weight excluding hydrogens is 280 g/mol. The van der Waals surface area contributed by atoms with Gasteiger partial charge in [0, 0.05) is 28.8 Å². The molecule has 0 fully saturated rings. The van der Waals surface area contributed by atoms with Crippen molar-refractivity contribution in [3.05, 3.63) is 45.9 Å². The van der Waals surface area contributed by atoms with Crippen LogP contribution in [0.5, 0.6) is 0 Å². The lowest BCUT2D eigenvalue weighted by atomic mass is 9.98. The maximum Gasteiger partial charge on any atom is 0.0981 e. The summed E-state index contributed by atoms with van der Waals surface area (Å²) in [6.45, 7) is 7.61. The number of nitrogens with one attached hydrogen (secondary N) is 1. The summed E-state index contributed by atoms with van der Waals surface area (Å²) in [5.74, 6) is 0. The van der Waals surface area contributed by atoms with Crippen molar-refractivity contribution in [3.8, 4) is 0 Å². The summed E-state index contributed by atoms with van der Waals surface area (Å²) in [5.41, 5.74) is 2.50. The van der Waals surface area contributed by atoms with E-state index in [2.05, 4.69) is 55.3 Å². The Morgan fingerprint density at radius 2 is 2.10 bits per heavy atom. The van der Waals surface area contributed by atoms with Crippen LogP contribution >= 0.6 is 11.3 Å². The van der Waals surface area contributed by atoms with Gasteiger partial charge in [0.05, 0.1) is 11.6 Å². The predicted octanol–water partition coefficient (Wildman–Crippen LogP) is 3.98. The molecule has 0 saturated carbocycles. The van der Waals surface area contributed by atoms with E-state index in [-0.39, 0.29) is 12.0 Å². The molecule has 2 N–H and O–H groups in total. The molecular formula is C17H24N2OS. The van der Waals surface area contributed by atoms with Crippen LogP contribution in [0.2, 0.25) is 0 Å². The maximum atomic E-state index is 8.90. The highest BCUT2D eigenvalue weighted by atomic mass is 32.1. The predicted molar refractivity (Wildman–Crippen MR) is 90.0 cm³/mol. The first-order valence-corrected chi connectivity index (χ1v) is 8.19. The number of nitrogens with zero attached hydrogens (tertiary/aromatic N) is 1. The molecule has 0 amide bonds. The van der Waals surface area contributed by atoms with Crippen LogP contribution in [-0.2, 0) is 18.4 Å². The molecule has 0 bridgehead atoms. The lowest BCUT2D eigenvalue weighted by molar-refractivity contribution is 0.288. The van der Waals surface area contributed by atoms with Crippen molar-refractivity contribution >= 4 is 17.0 Å². The van der Waals surface area contributed by atoms with Crippen LogP contribution in [0.25, 0.3) is 0 Å². The third kappa shape index (κ3) is 4.83. The van der Waals surface area contributed by atoms with Crippen LogP contribution in [0.3, 0.4) is 0 Å². The number of anilines is 1. The zero-order valence-corrected chi connectivity index (χ0v) is 13.8. The molecule has 3 nitrogen and oxygen atoms in total. The van der Waals surface area contributed by atoms with E-state index in [9.17, 15) is 0 Å². The van der Waals surface area contributed by atoms with Crippen molar-refractivity contribution < 1.29 is 5.11 Å². The number of thiazole rings is 1. The molecule has 0 aliphatic rings. The molecule has 1 aromatic heterocycles. The number of aromatic nitrogens is 1. The summed E-state index contributed by atoms with van der Waals surface area (Å²) in [7, 11) is 0. The fourth-order valence-corrected chi connectivity index (χ4v) is 2.95. The zero-order chi connectivity index (χ0) is 15.3. The quantitative estimate of drug-likeness (QED) is 0.848. The summed E-state index contributed by atoms with van der Waals surface area (Å²) in [6.07, 6.45) is 3.70. The van der Waals surface area contributed by atoms with Gasteiger partial charge in [0.15, 0.2) is 0 Å². The second-order valence-electron chi connectivity index (χ2n) is 6.26. The average molecular weight is 304 g/mol. The van der Waals surface area contributed by atoms with E-state index in [0.717, 1.165) is 25.1 Å². The number of rotatable bonds is 6. The van der Waals surface area contributed by atoms with Crippen molar-refractivity contribution in [2.45, 2.75) is 45.6 Å². The summed E-state index contributed by atoms with van der Waals surface area (Å²) >= 11 is 1.77. The number of aryl methyl sites for hydroxylation is 1. The molecule has 21 heavy (non-hydrogen) atoms. The van der Waals surface area contributed by atoms with Gasteiger partial charge in [-0.3, -0.25) is 0 Å². The van der Waals surface area contributed by atoms with E-state index in [0.29, 0.717) is 0 Å². The highest BCUT2D eigenvalue weighted by Gasteiger charge is 2.17. The zero-order valence-electron chi connectivity index (χ0n) is 13.0.